The summed E-state index contributed by atoms with van der Waals surface area (Å²) < 4.78 is 31.4. The Morgan fingerprint density at radius 1 is 1.14 bits per heavy atom. The van der Waals surface area contributed by atoms with E-state index in [0.717, 1.165) is 18.2 Å². The lowest BCUT2D eigenvalue weighted by Gasteiger charge is -2.10. The molecule has 0 heterocycles. The van der Waals surface area contributed by atoms with E-state index >= 15 is 0 Å². The Morgan fingerprint density at radius 2 is 1.81 bits per heavy atom. The predicted octanol–water partition coefficient (Wildman–Crippen LogP) is 2.94. The fourth-order valence-electron chi connectivity index (χ4n) is 1.80. The lowest BCUT2D eigenvalue weighted by molar-refractivity contribution is -0.385. The smallest absolute Gasteiger partial charge is 0.270 e. The number of halogens is 2. The molecule has 2 aromatic carbocycles. The Kier molecular flexibility index (Phi) is 4.44. The van der Waals surface area contributed by atoms with Gasteiger partial charge < -0.3 is 9.84 Å². The minimum absolute atomic E-state index is 0.126. The Hall–Kier alpha value is -2.54. The molecule has 21 heavy (non-hydrogen) atoms. The molecular weight excluding hydrogens is 284 g/mol. The monoisotopic (exact) mass is 295 g/mol. The molecule has 7 heteroatoms. The van der Waals surface area contributed by atoms with E-state index in [4.69, 9.17) is 4.74 Å². The van der Waals surface area contributed by atoms with Gasteiger partial charge in [0.15, 0.2) is 0 Å². The number of nitro benzene ring substituents is 1. The van der Waals surface area contributed by atoms with Gasteiger partial charge in [0.2, 0.25) is 0 Å². The van der Waals surface area contributed by atoms with Crippen LogP contribution in [-0.4, -0.2) is 10.0 Å². The Bertz CT molecular complexity index is 656. The highest BCUT2D eigenvalue weighted by Gasteiger charge is 2.11. The summed E-state index contributed by atoms with van der Waals surface area (Å²) in [5.74, 6) is -1.23. The van der Waals surface area contributed by atoms with E-state index in [1.165, 1.54) is 18.2 Å². The quantitative estimate of drug-likeness (QED) is 0.680. The van der Waals surface area contributed by atoms with Gasteiger partial charge in [-0.2, -0.15) is 0 Å². The summed E-state index contributed by atoms with van der Waals surface area (Å²) in [5, 5.41) is 19.8. The zero-order chi connectivity index (χ0) is 15.4. The van der Waals surface area contributed by atoms with Gasteiger partial charge in [0.1, 0.15) is 24.0 Å². The summed E-state index contributed by atoms with van der Waals surface area (Å²) >= 11 is 0. The molecule has 0 radical (unpaired) electrons. The lowest BCUT2D eigenvalue weighted by Crippen LogP contribution is -2.01. The molecule has 5 nitrogen and oxygen atoms in total. The van der Waals surface area contributed by atoms with Crippen molar-refractivity contribution in [2.45, 2.75) is 13.2 Å². The molecule has 0 aliphatic heterocycles. The van der Waals surface area contributed by atoms with Gasteiger partial charge in [-0.15, -0.1) is 0 Å². The van der Waals surface area contributed by atoms with E-state index in [1.807, 2.05) is 0 Å². The van der Waals surface area contributed by atoms with Crippen molar-refractivity contribution in [3.05, 3.63) is 69.3 Å². The third-order valence-corrected chi connectivity index (χ3v) is 2.74. The highest BCUT2D eigenvalue weighted by Crippen LogP contribution is 2.25. The number of benzene rings is 2. The average Bonchev–Trinajstić information content (AvgIpc) is 2.43. The lowest BCUT2D eigenvalue weighted by atomic mass is 10.2. The van der Waals surface area contributed by atoms with Crippen LogP contribution >= 0.6 is 0 Å². The Balaban J connectivity index is 2.17. The van der Waals surface area contributed by atoms with Gasteiger partial charge in [0.25, 0.3) is 5.69 Å². The van der Waals surface area contributed by atoms with Crippen molar-refractivity contribution in [3.63, 3.8) is 0 Å². The normalized spacial score (nSPS) is 10.4. The topological polar surface area (TPSA) is 72.6 Å². The molecule has 0 aromatic heterocycles. The van der Waals surface area contributed by atoms with E-state index in [-0.39, 0.29) is 29.2 Å². The molecule has 110 valence electrons. The number of hydrogen-bond donors (Lipinski definition) is 1. The van der Waals surface area contributed by atoms with Gasteiger partial charge in [-0.25, -0.2) is 8.78 Å². The number of non-ortho nitro benzene ring substituents is 1. The predicted molar refractivity (Wildman–Crippen MR) is 69.7 cm³/mol. The zero-order valence-electron chi connectivity index (χ0n) is 10.8. The van der Waals surface area contributed by atoms with Crippen LogP contribution in [0.5, 0.6) is 5.75 Å². The number of nitrogens with zero attached hydrogens (tertiary/aromatic N) is 1. The number of hydrogen-bond acceptors (Lipinski definition) is 4. The first kappa shape index (κ1) is 14.9. The molecule has 0 unspecified atom stereocenters. The number of aliphatic hydroxyl groups is 1. The van der Waals surface area contributed by atoms with Crippen molar-refractivity contribution in [2.75, 3.05) is 0 Å². The second-order valence-corrected chi connectivity index (χ2v) is 4.27. The Morgan fingerprint density at radius 3 is 2.38 bits per heavy atom. The van der Waals surface area contributed by atoms with Crippen LogP contribution in [0.1, 0.15) is 11.1 Å². The molecule has 0 atom stereocenters. The molecule has 0 fully saturated rings. The fourth-order valence-corrected chi connectivity index (χ4v) is 1.80. The van der Waals surface area contributed by atoms with Gasteiger partial charge in [-0.05, 0) is 23.8 Å². The average molecular weight is 295 g/mol. The number of nitro groups is 1. The zero-order valence-corrected chi connectivity index (χ0v) is 10.8. The molecular formula is C14H11F2NO4. The van der Waals surface area contributed by atoms with Crippen molar-refractivity contribution >= 4 is 5.69 Å². The molecule has 0 aliphatic rings. The van der Waals surface area contributed by atoms with Gasteiger partial charge in [0.05, 0.1) is 11.5 Å². The van der Waals surface area contributed by atoms with Crippen LogP contribution in [0.4, 0.5) is 14.5 Å². The first-order valence-corrected chi connectivity index (χ1v) is 5.95. The molecule has 0 saturated heterocycles. The Labute approximate surface area is 118 Å². The first-order valence-electron chi connectivity index (χ1n) is 5.95. The van der Waals surface area contributed by atoms with Crippen molar-refractivity contribution < 1.29 is 23.5 Å². The van der Waals surface area contributed by atoms with E-state index < -0.39 is 23.2 Å². The molecule has 0 saturated carbocycles. The minimum Gasteiger partial charge on any atom is -0.489 e. The van der Waals surface area contributed by atoms with Crippen LogP contribution in [0.2, 0.25) is 0 Å². The highest BCUT2D eigenvalue weighted by molar-refractivity contribution is 5.43. The van der Waals surface area contributed by atoms with Crippen LogP contribution in [-0.2, 0) is 13.2 Å². The van der Waals surface area contributed by atoms with Crippen LogP contribution in [0, 0.1) is 21.7 Å². The summed E-state index contributed by atoms with van der Waals surface area (Å²) in [6.45, 7) is -0.575. The maximum absolute atomic E-state index is 13.0. The number of aliphatic hydroxyl groups excluding tert-OH is 1. The third-order valence-electron chi connectivity index (χ3n) is 2.74. The van der Waals surface area contributed by atoms with Crippen molar-refractivity contribution in [1.82, 2.24) is 0 Å². The van der Waals surface area contributed by atoms with Crippen molar-refractivity contribution in [3.8, 4) is 5.75 Å². The van der Waals surface area contributed by atoms with E-state index in [1.54, 1.807) is 0 Å². The van der Waals surface area contributed by atoms with Crippen LogP contribution in [0.15, 0.2) is 36.4 Å². The maximum Gasteiger partial charge on any atom is 0.270 e. The van der Waals surface area contributed by atoms with E-state index in [2.05, 4.69) is 0 Å². The standard InChI is InChI=1S/C14H11F2NO4/c15-11-3-9(4-12(16)6-11)8-21-14-2-1-13(17(19)20)5-10(14)7-18/h1-6,18H,7-8H2. The summed E-state index contributed by atoms with van der Waals surface area (Å²) in [6.07, 6.45) is 0. The summed E-state index contributed by atoms with van der Waals surface area (Å²) in [4.78, 5) is 10.0. The van der Waals surface area contributed by atoms with Gasteiger partial charge in [-0.1, -0.05) is 0 Å². The van der Waals surface area contributed by atoms with Crippen molar-refractivity contribution in [1.29, 1.82) is 0 Å². The van der Waals surface area contributed by atoms with Crippen LogP contribution < -0.4 is 4.74 Å². The number of ether oxygens (including phenoxy) is 1. The minimum atomic E-state index is -0.723. The van der Waals surface area contributed by atoms with Gasteiger partial charge >= 0.3 is 0 Å². The van der Waals surface area contributed by atoms with Gasteiger partial charge in [-0.3, -0.25) is 10.1 Å². The fraction of sp³-hybridized carbons (Fsp3) is 0.143. The summed E-state index contributed by atoms with van der Waals surface area (Å²) in [7, 11) is 0. The molecule has 0 spiro atoms. The molecule has 0 bridgehead atoms. The summed E-state index contributed by atoms with van der Waals surface area (Å²) in [5.41, 5.74) is 0.319. The third kappa shape index (κ3) is 3.73. The van der Waals surface area contributed by atoms with E-state index in [0.29, 0.717) is 0 Å². The first-order chi connectivity index (χ1) is 9.99. The SMILES string of the molecule is O=[N+]([O-])c1ccc(OCc2cc(F)cc(F)c2)c(CO)c1. The second-order valence-electron chi connectivity index (χ2n) is 4.27. The maximum atomic E-state index is 13.0. The van der Waals surface area contributed by atoms with Crippen LogP contribution in [0.25, 0.3) is 0 Å². The van der Waals surface area contributed by atoms with E-state index in [9.17, 15) is 24.0 Å². The number of rotatable bonds is 5. The highest BCUT2D eigenvalue weighted by atomic mass is 19.1. The van der Waals surface area contributed by atoms with Crippen molar-refractivity contribution in [2.24, 2.45) is 0 Å². The molecule has 0 aliphatic carbocycles. The molecule has 2 rings (SSSR count). The molecule has 1 N–H and O–H groups in total. The largest absolute Gasteiger partial charge is 0.489 e. The summed E-state index contributed by atoms with van der Waals surface area (Å²) in [6, 6.07) is 6.72. The molecule has 2 aromatic rings. The van der Waals surface area contributed by atoms with Crippen LogP contribution in [0.3, 0.4) is 0 Å². The van der Waals surface area contributed by atoms with Gasteiger partial charge in [0, 0.05) is 23.8 Å². The molecule has 0 amide bonds. The second kappa shape index (κ2) is 6.27.